The quantitative estimate of drug-likeness (QED) is 0.845. The Morgan fingerprint density at radius 2 is 2.11 bits per heavy atom. The SMILES string of the molecule is CC1C[C@@H](COC(=O)OCc2ccccc2)OC1O. The van der Waals surface area contributed by atoms with Crippen LogP contribution in [0.1, 0.15) is 18.9 Å². The molecule has 0 spiro atoms. The molecule has 1 aromatic carbocycles. The van der Waals surface area contributed by atoms with E-state index in [-0.39, 0.29) is 25.2 Å². The molecule has 1 aliphatic heterocycles. The lowest BCUT2D eigenvalue weighted by atomic mass is 10.1. The van der Waals surface area contributed by atoms with Crippen LogP contribution < -0.4 is 0 Å². The number of hydrogen-bond donors (Lipinski definition) is 1. The zero-order valence-corrected chi connectivity index (χ0v) is 10.8. The van der Waals surface area contributed by atoms with Crippen LogP contribution in [0.25, 0.3) is 0 Å². The van der Waals surface area contributed by atoms with Crippen molar-refractivity contribution in [3.05, 3.63) is 35.9 Å². The summed E-state index contributed by atoms with van der Waals surface area (Å²) < 4.78 is 15.1. The number of carbonyl (C=O) groups is 1. The van der Waals surface area contributed by atoms with Crippen molar-refractivity contribution in [3.63, 3.8) is 0 Å². The maximum absolute atomic E-state index is 11.4. The van der Waals surface area contributed by atoms with Crippen LogP contribution in [-0.4, -0.2) is 30.3 Å². The highest BCUT2D eigenvalue weighted by Crippen LogP contribution is 2.24. The molecule has 5 heteroatoms. The van der Waals surface area contributed by atoms with Gasteiger partial charge in [0, 0.05) is 5.92 Å². The van der Waals surface area contributed by atoms with Crippen molar-refractivity contribution in [3.8, 4) is 0 Å². The predicted octanol–water partition coefficient (Wildman–Crippen LogP) is 2.08. The number of carbonyl (C=O) groups excluding carboxylic acids is 1. The molecule has 2 rings (SSSR count). The van der Waals surface area contributed by atoms with Gasteiger partial charge in [0.15, 0.2) is 6.29 Å². The van der Waals surface area contributed by atoms with E-state index in [9.17, 15) is 9.90 Å². The summed E-state index contributed by atoms with van der Waals surface area (Å²) >= 11 is 0. The van der Waals surface area contributed by atoms with Crippen molar-refractivity contribution >= 4 is 6.16 Å². The van der Waals surface area contributed by atoms with E-state index >= 15 is 0 Å². The molecule has 19 heavy (non-hydrogen) atoms. The van der Waals surface area contributed by atoms with Crippen LogP contribution in [0.15, 0.2) is 30.3 Å². The summed E-state index contributed by atoms with van der Waals surface area (Å²) in [6.07, 6.45) is -1.07. The second-order valence-corrected chi connectivity index (χ2v) is 4.70. The van der Waals surface area contributed by atoms with Gasteiger partial charge in [0.05, 0.1) is 6.10 Å². The average Bonchev–Trinajstić information content (AvgIpc) is 2.74. The van der Waals surface area contributed by atoms with Crippen molar-refractivity contribution in [1.82, 2.24) is 0 Å². The van der Waals surface area contributed by atoms with Gasteiger partial charge >= 0.3 is 6.16 Å². The van der Waals surface area contributed by atoms with E-state index in [0.717, 1.165) is 5.56 Å². The third-order valence-corrected chi connectivity index (χ3v) is 3.04. The first-order valence-electron chi connectivity index (χ1n) is 6.32. The van der Waals surface area contributed by atoms with Gasteiger partial charge in [-0.3, -0.25) is 0 Å². The Kier molecular flexibility index (Phi) is 4.76. The highest BCUT2D eigenvalue weighted by atomic mass is 16.7. The molecule has 5 nitrogen and oxygen atoms in total. The molecule has 0 aromatic heterocycles. The topological polar surface area (TPSA) is 65.0 Å². The second-order valence-electron chi connectivity index (χ2n) is 4.70. The molecule has 1 N–H and O–H groups in total. The first-order chi connectivity index (χ1) is 9.15. The fourth-order valence-corrected chi connectivity index (χ4v) is 1.94. The number of ether oxygens (including phenoxy) is 3. The molecule has 1 fully saturated rings. The smallest absolute Gasteiger partial charge is 0.432 e. The zero-order chi connectivity index (χ0) is 13.7. The summed E-state index contributed by atoms with van der Waals surface area (Å²) in [6, 6.07) is 9.38. The van der Waals surface area contributed by atoms with Gasteiger partial charge in [0.25, 0.3) is 0 Å². The fraction of sp³-hybridized carbons (Fsp3) is 0.500. The lowest BCUT2D eigenvalue weighted by Gasteiger charge is -2.11. The van der Waals surface area contributed by atoms with Gasteiger partial charge in [-0.15, -0.1) is 0 Å². The van der Waals surface area contributed by atoms with E-state index in [1.807, 2.05) is 37.3 Å². The fourth-order valence-electron chi connectivity index (χ4n) is 1.94. The summed E-state index contributed by atoms with van der Waals surface area (Å²) in [4.78, 5) is 11.4. The normalized spacial score (nSPS) is 26.1. The van der Waals surface area contributed by atoms with Crippen LogP contribution in [0.2, 0.25) is 0 Å². The van der Waals surface area contributed by atoms with Gasteiger partial charge < -0.3 is 19.3 Å². The molecule has 104 valence electrons. The molecule has 0 amide bonds. The van der Waals surface area contributed by atoms with Gasteiger partial charge in [0.2, 0.25) is 0 Å². The Morgan fingerprint density at radius 3 is 2.74 bits per heavy atom. The third-order valence-electron chi connectivity index (χ3n) is 3.04. The summed E-state index contributed by atoms with van der Waals surface area (Å²) in [7, 11) is 0. The number of hydrogen-bond acceptors (Lipinski definition) is 5. The molecule has 0 bridgehead atoms. The van der Waals surface area contributed by atoms with Crippen LogP contribution in [0.3, 0.4) is 0 Å². The molecule has 3 atom stereocenters. The van der Waals surface area contributed by atoms with E-state index in [1.165, 1.54) is 0 Å². The van der Waals surface area contributed by atoms with Crippen molar-refractivity contribution in [1.29, 1.82) is 0 Å². The van der Waals surface area contributed by atoms with E-state index < -0.39 is 12.4 Å². The van der Waals surface area contributed by atoms with Crippen molar-refractivity contribution in [2.75, 3.05) is 6.61 Å². The molecule has 1 aliphatic rings. The summed E-state index contributed by atoms with van der Waals surface area (Å²) in [5.74, 6) is 0.0638. The Balaban J connectivity index is 1.65. The van der Waals surface area contributed by atoms with Gasteiger partial charge in [-0.05, 0) is 12.0 Å². The standard InChI is InChI=1S/C14H18O5/c1-10-7-12(19-13(10)15)9-18-14(16)17-8-11-5-3-2-4-6-11/h2-6,10,12-13,15H,7-9H2,1H3/t10?,12-,13?/m0/s1. The summed E-state index contributed by atoms with van der Waals surface area (Å²) in [6.45, 7) is 2.18. The minimum Gasteiger partial charge on any atom is -0.432 e. The molecule has 0 saturated carbocycles. The number of aliphatic hydroxyl groups excluding tert-OH is 1. The highest BCUT2D eigenvalue weighted by molar-refractivity contribution is 5.59. The maximum atomic E-state index is 11.4. The van der Waals surface area contributed by atoms with Crippen LogP contribution in [0.5, 0.6) is 0 Å². The highest BCUT2D eigenvalue weighted by Gasteiger charge is 2.31. The number of rotatable bonds is 4. The minimum atomic E-state index is -0.770. The molecule has 0 aliphatic carbocycles. The molecule has 1 aromatic rings. The first kappa shape index (κ1) is 13.8. The molecule has 2 unspecified atom stereocenters. The van der Waals surface area contributed by atoms with Gasteiger partial charge in [-0.2, -0.15) is 0 Å². The molecular formula is C14H18O5. The Morgan fingerprint density at radius 1 is 1.37 bits per heavy atom. The number of benzene rings is 1. The van der Waals surface area contributed by atoms with Gasteiger partial charge in [0.1, 0.15) is 13.2 Å². The first-order valence-corrected chi connectivity index (χ1v) is 6.32. The molecule has 1 saturated heterocycles. The van der Waals surface area contributed by atoms with Gasteiger partial charge in [-0.1, -0.05) is 37.3 Å². The second kappa shape index (κ2) is 6.54. The largest absolute Gasteiger partial charge is 0.508 e. The van der Waals surface area contributed by atoms with E-state index in [4.69, 9.17) is 14.2 Å². The monoisotopic (exact) mass is 266 g/mol. The van der Waals surface area contributed by atoms with E-state index in [2.05, 4.69) is 0 Å². The zero-order valence-electron chi connectivity index (χ0n) is 10.8. The summed E-state index contributed by atoms with van der Waals surface area (Å²) in [5.41, 5.74) is 0.903. The van der Waals surface area contributed by atoms with Crippen LogP contribution in [0.4, 0.5) is 4.79 Å². The van der Waals surface area contributed by atoms with Crippen LogP contribution in [-0.2, 0) is 20.8 Å². The van der Waals surface area contributed by atoms with Crippen LogP contribution >= 0.6 is 0 Å². The van der Waals surface area contributed by atoms with E-state index in [1.54, 1.807) is 0 Å². The van der Waals surface area contributed by atoms with E-state index in [0.29, 0.717) is 6.42 Å². The van der Waals surface area contributed by atoms with Crippen molar-refractivity contribution < 1.29 is 24.1 Å². The van der Waals surface area contributed by atoms with Crippen molar-refractivity contribution in [2.45, 2.75) is 32.3 Å². The average molecular weight is 266 g/mol. The maximum Gasteiger partial charge on any atom is 0.508 e. The molecular weight excluding hydrogens is 248 g/mol. The van der Waals surface area contributed by atoms with Crippen molar-refractivity contribution in [2.24, 2.45) is 5.92 Å². The third kappa shape index (κ3) is 4.22. The predicted molar refractivity (Wildman–Crippen MR) is 67.2 cm³/mol. The lowest BCUT2D eigenvalue weighted by Crippen LogP contribution is -2.20. The summed E-state index contributed by atoms with van der Waals surface area (Å²) in [5, 5.41) is 9.39. The molecule has 0 radical (unpaired) electrons. The molecule has 1 heterocycles. The Hall–Kier alpha value is -1.59. The van der Waals surface area contributed by atoms with Gasteiger partial charge in [-0.25, -0.2) is 4.79 Å². The Bertz CT molecular complexity index is 396. The lowest BCUT2D eigenvalue weighted by molar-refractivity contribution is -0.117. The minimum absolute atomic E-state index is 0.0638. The van der Waals surface area contributed by atoms with Crippen LogP contribution in [0, 0.1) is 5.92 Å². The Labute approximate surface area is 112 Å². The number of aliphatic hydroxyl groups is 1.